The molecule has 2 fully saturated rings. The van der Waals surface area contributed by atoms with Crippen LogP contribution in [0.3, 0.4) is 0 Å². The molecule has 170 valence electrons. The molecule has 0 spiro atoms. The molecule has 3 aromatic rings. The number of fused-ring (bicyclic) bond motifs is 1. The molecule has 3 aromatic heterocycles. The predicted octanol–water partition coefficient (Wildman–Crippen LogP) is 5.13. The minimum absolute atomic E-state index is 0.498. The maximum atomic E-state index is 4.90. The zero-order chi connectivity index (χ0) is 22.6. The van der Waals surface area contributed by atoms with E-state index in [1.54, 1.807) is 6.20 Å². The van der Waals surface area contributed by atoms with Gasteiger partial charge in [-0.2, -0.15) is 10.2 Å². The van der Waals surface area contributed by atoms with E-state index in [0.29, 0.717) is 5.92 Å². The van der Waals surface area contributed by atoms with Gasteiger partial charge in [-0.15, -0.1) is 0 Å². The summed E-state index contributed by atoms with van der Waals surface area (Å²) in [4.78, 5) is 7.05. The van der Waals surface area contributed by atoms with Crippen molar-refractivity contribution in [3.05, 3.63) is 24.2 Å². The number of aromatic amines is 1. The third-order valence-corrected chi connectivity index (χ3v) is 6.16. The fourth-order valence-corrected chi connectivity index (χ4v) is 3.85. The van der Waals surface area contributed by atoms with Gasteiger partial charge in [-0.3, -0.25) is 14.8 Å². The van der Waals surface area contributed by atoms with E-state index in [1.165, 1.54) is 30.3 Å². The molecule has 0 bridgehead atoms. The van der Waals surface area contributed by atoms with Crippen molar-refractivity contribution in [2.24, 2.45) is 5.41 Å². The van der Waals surface area contributed by atoms with Gasteiger partial charge in [0.25, 0.3) is 0 Å². The van der Waals surface area contributed by atoms with Gasteiger partial charge in [-0.05, 0) is 51.3 Å². The van der Waals surface area contributed by atoms with Gasteiger partial charge in [0.1, 0.15) is 5.69 Å². The molecule has 0 radical (unpaired) electrons. The van der Waals surface area contributed by atoms with Crippen LogP contribution in [0, 0.1) is 5.41 Å². The molecule has 1 saturated carbocycles. The van der Waals surface area contributed by atoms with E-state index in [9.17, 15) is 0 Å². The number of likely N-dealkylation sites (N-methyl/N-ethyl adjacent to an activating group) is 1. The van der Waals surface area contributed by atoms with Crippen molar-refractivity contribution in [1.82, 2.24) is 29.9 Å². The Balaban J connectivity index is 0.000000337. The molecule has 0 aromatic carbocycles. The van der Waals surface area contributed by atoms with Crippen molar-refractivity contribution < 1.29 is 0 Å². The Kier molecular flexibility index (Phi) is 7.36. The van der Waals surface area contributed by atoms with E-state index in [2.05, 4.69) is 64.0 Å². The first kappa shape index (κ1) is 23.3. The van der Waals surface area contributed by atoms with Gasteiger partial charge in [-0.1, -0.05) is 27.7 Å². The van der Waals surface area contributed by atoms with Crippen LogP contribution in [-0.4, -0.2) is 57.0 Å². The van der Waals surface area contributed by atoms with Gasteiger partial charge in [-0.25, -0.2) is 0 Å². The van der Waals surface area contributed by atoms with Gasteiger partial charge in [0.15, 0.2) is 0 Å². The second kappa shape index (κ2) is 9.81. The number of likely N-dealkylation sites (tertiary alicyclic amines) is 1. The van der Waals surface area contributed by atoms with Gasteiger partial charge in [0, 0.05) is 37.6 Å². The highest BCUT2D eigenvalue weighted by atomic mass is 15.3. The van der Waals surface area contributed by atoms with Crippen LogP contribution in [0.15, 0.2) is 18.5 Å². The van der Waals surface area contributed by atoms with E-state index in [1.807, 2.05) is 27.1 Å². The standard InChI is InChI=1S/C17H23N7.C5H10.C2H6/c1-4-24-15-7-13(17-14(18-2)9-20-21-17)19-8-12(15)16(22-24)11-5-6-23(3)10-11;1-5(2)3-4-5;1-2/h7-9,11,18H,4-6,10H2,1-3H3,(H,20,21);3-4H2,1-2H3;1-2H3. The lowest BCUT2D eigenvalue weighted by atomic mass is 10.0. The van der Waals surface area contributed by atoms with Crippen LogP contribution in [0.25, 0.3) is 22.3 Å². The number of aryl methyl sites for hydroxylation is 1. The highest BCUT2D eigenvalue weighted by Gasteiger charge is 2.30. The average Bonchev–Trinajstić information content (AvgIpc) is 3.21. The molecule has 7 nitrogen and oxygen atoms in total. The summed E-state index contributed by atoms with van der Waals surface area (Å²) in [5.41, 5.74) is 5.82. The summed E-state index contributed by atoms with van der Waals surface area (Å²) in [6.45, 7) is 13.8. The van der Waals surface area contributed by atoms with Crippen molar-refractivity contribution in [1.29, 1.82) is 0 Å². The van der Waals surface area contributed by atoms with E-state index in [0.717, 1.165) is 47.6 Å². The Morgan fingerprint density at radius 1 is 1.23 bits per heavy atom. The summed E-state index contributed by atoms with van der Waals surface area (Å²) in [5, 5.41) is 16.4. The predicted molar refractivity (Wildman–Crippen MR) is 130 cm³/mol. The number of nitrogens with zero attached hydrogens (tertiary/aromatic N) is 5. The van der Waals surface area contributed by atoms with Gasteiger partial charge in [0.05, 0.1) is 28.8 Å². The minimum Gasteiger partial charge on any atom is -0.385 e. The molecular weight excluding hydrogens is 386 g/mol. The smallest absolute Gasteiger partial charge is 0.107 e. The summed E-state index contributed by atoms with van der Waals surface area (Å²) in [6, 6.07) is 2.11. The third kappa shape index (κ3) is 5.26. The normalized spacial score (nSPS) is 19.4. The van der Waals surface area contributed by atoms with Crippen LogP contribution in [0.5, 0.6) is 0 Å². The number of aromatic nitrogens is 5. The summed E-state index contributed by atoms with van der Waals surface area (Å²) in [6.07, 6.45) is 7.81. The lowest BCUT2D eigenvalue weighted by Gasteiger charge is -2.08. The van der Waals surface area contributed by atoms with Crippen LogP contribution in [0.4, 0.5) is 5.69 Å². The fourth-order valence-electron chi connectivity index (χ4n) is 3.85. The first-order valence-electron chi connectivity index (χ1n) is 11.7. The van der Waals surface area contributed by atoms with Crippen molar-refractivity contribution in [2.75, 3.05) is 32.5 Å². The number of hydrogen-bond acceptors (Lipinski definition) is 5. The highest BCUT2D eigenvalue weighted by molar-refractivity contribution is 5.86. The Morgan fingerprint density at radius 2 is 1.94 bits per heavy atom. The Labute approximate surface area is 186 Å². The minimum atomic E-state index is 0.498. The Bertz CT molecular complexity index is 979. The molecule has 4 heterocycles. The second-order valence-corrected chi connectivity index (χ2v) is 9.11. The highest BCUT2D eigenvalue weighted by Crippen LogP contribution is 2.43. The lowest BCUT2D eigenvalue weighted by Crippen LogP contribution is -2.13. The number of H-pyrrole nitrogens is 1. The monoisotopic (exact) mass is 425 g/mol. The Hall–Kier alpha value is -2.41. The van der Waals surface area contributed by atoms with Crippen molar-refractivity contribution in [3.8, 4) is 11.4 Å². The molecule has 0 amide bonds. The molecule has 1 aliphatic carbocycles. The average molecular weight is 426 g/mol. The summed E-state index contributed by atoms with van der Waals surface area (Å²) in [7, 11) is 4.06. The maximum Gasteiger partial charge on any atom is 0.107 e. The maximum absolute atomic E-state index is 4.90. The zero-order valence-corrected chi connectivity index (χ0v) is 20.3. The SMILES string of the molecule is CC.CC1(C)CC1.CCn1nc(C2CCN(C)C2)c2cnc(-c3[nH]ncc3NC)cc21. The third-order valence-electron chi connectivity index (χ3n) is 6.16. The lowest BCUT2D eigenvalue weighted by molar-refractivity contribution is 0.410. The van der Waals surface area contributed by atoms with Crippen molar-refractivity contribution in [2.45, 2.75) is 66.3 Å². The molecular formula is C24H39N7. The fraction of sp³-hybridized carbons (Fsp3) is 0.625. The number of nitrogens with one attached hydrogen (secondary N) is 2. The first-order valence-corrected chi connectivity index (χ1v) is 11.7. The molecule has 7 heteroatoms. The molecule has 1 unspecified atom stereocenters. The molecule has 1 atom stereocenters. The number of anilines is 1. The topological polar surface area (TPSA) is 74.7 Å². The largest absolute Gasteiger partial charge is 0.385 e. The molecule has 1 aliphatic heterocycles. The molecule has 5 rings (SSSR count). The van der Waals surface area contributed by atoms with Crippen LogP contribution in [0.2, 0.25) is 0 Å². The summed E-state index contributed by atoms with van der Waals surface area (Å²) < 4.78 is 2.09. The van der Waals surface area contributed by atoms with Crippen molar-refractivity contribution in [3.63, 3.8) is 0 Å². The molecule has 31 heavy (non-hydrogen) atoms. The second-order valence-electron chi connectivity index (χ2n) is 9.11. The molecule has 2 aliphatic rings. The van der Waals surface area contributed by atoms with E-state index < -0.39 is 0 Å². The number of hydrogen-bond donors (Lipinski definition) is 2. The molecule has 2 N–H and O–H groups in total. The van der Waals surface area contributed by atoms with Crippen LogP contribution >= 0.6 is 0 Å². The molecule has 1 saturated heterocycles. The first-order chi connectivity index (χ1) is 14.9. The van der Waals surface area contributed by atoms with Crippen LogP contribution in [-0.2, 0) is 6.54 Å². The summed E-state index contributed by atoms with van der Waals surface area (Å²) in [5.74, 6) is 0.498. The van der Waals surface area contributed by atoms with Gasteiger partial charge >= 0.3 is 0 Å². The van der Waals surface area contributed by atoms with Crippen molar-refractivity contribution >= 4 is 16.6 Å². The number of pyridine rings is 1. The van der Waals surface area contributed by atoms with E-state index in [4.69, 9.17) is 5.10 Å². The van der Waals surface area contributed by atoms with E-state index >= 15 is 0 Å². The van der Waals surface area contributed by atoms with Gasteiger partial charge in [0.2, 0.25) is 0 Å². The van der Waals surface area contributed by atoms with Crippen LogP contribution < -0.4 is 5.32 Å². The summed E-state index contributed by atoms with van der Waals surface area (Å²) >= 11 is 0. The quantitative estimate of drug-likeness (QED) is 0.606. The Morgan fingerprint density at radius 3 is 2.48 bits per heavy atom. The van der Waals surface area contributed by atoms with Gasteiger partial charge < -0.3 is 10.2 Å². The number of rotatable bonds is 4. The van der Waals surface area contributed by atoms with E-state index in [-0.39, 0.29) is 0 Å². The van der Waals surface area contributed by atoms with Crippen LogP contribution in [0.1, 0.15) is 65.5 Å². The zero-order valence-electron chi connectivity index (χ0n) is 20.3.